The molecule has 0 aliphatic rings. The fourth-order valence-electron chi connectivity index (χ4n) is 3.38. The third-order valence-electron chi connectivity index (χ3n) is 5.93. The van der Waals surface area contributed by atoms with Crippen molar-refractivity contribution in [1.82, 2.24) is 5.32 Å². The van der Waals surface area contributed by atoms with Gasteiger partial charge in [-0.2, -0.15) is 0 Å². The zero-order valence-electron chi connectivity index (χ0n) is 31.4. The molecule has 0 aromatic carbocycles. The van der Waals surface area contributed by atoms with Crippen molar-refractivity contribution in [1.29, 1.82) is 0 Å². The molecule has 0 aromatic heterocycles. The zero-order valence-corrected chi connectivity index (χ0v) is 31.4. The number of esters is 1. The van der Waals surface area contributed by atoms with Gasteiger partial charge in [-0.3, -0.25) is 4.79 Å². The Morgan fingerprint density at radius 1 is 0.415 bits per heavy atom. The van der Waals surface area contributed by atoms with E-state index in [1.807, 2.05) is 0 Å². The summed E-state index contributed by atoms with van der Waals surface area (Å²) in [6.45, 7) is 15.3. The summed E-state index contributed by atoms with van der Waals surface area (Å²) < 4.78 is 74.6. The first-order valence-corrected chi connectivity index (χ1v) is 17.7. The predicted molar refractivity (Wildman–Crippen MR) is 187 cm³/mol. The van der Waals surface area contributed by atoms with Crippen LogP contribution in [-0.2, 0) is 80.7 Å². The van der Waals surface area contributed by atoms with Crippen molar-refractivity contribution in [3.63, 3.8) is 0 Å². The third kappa shape index (κ3) is 43.9. The van der Waals surface area contributed by atoms with Crippen LogP contribution in [0, 0.1) is 0 Å². The van der Waals surface area contributed by atoms with Gasteiger partial charge >= 0.3 is 11.9 Å². The Labute approximate surface area is 313 Å². The Bertz CT molecular complexity index is 852. The standard InChI is InChI=1S/C34H63NO18/c1-31(2)34(39)53-28-27-51-26-25-50-24-23-49-22-21-48-20-19-47-18-17-46-16-15-45-14-13-44-12-11-43-10-9-42-8-7-41-6-5-40-4-3-35-32(36)29-52-30-33(37)38/h1,3-30H2,2H3,(H,35,36)(H,37,38). The van der Waals surface area contributed by atoms with Crippen molar-refractivity contribution in [2.45, 2.75) is 6.92 Å². The summed E-state index contributed by atoms with van der Waals surface area (Å²) >= 11 is 0. The van der Waals surface area contributed by atoms with Crippen LogP contribution in [0.2, 0.25) is 0 Å². The molecule has 2 N–H and O–H groups in total. The summed E-state index contributed by atoms with van der Waals surface area (Å²) in [5.74, 6) is -1.95. The van der Waals surface area contributed by atoms with Crippen LogP contribution < -0.4 is 5.32 Å². The quantitative estimate of drug-likeness (QED) is 0.0455. The first kappa shape index (κ1) is 50.6. The van der Waals surface area contributed by atoms with Crippen LogP contribution in [0.5, 0.6) is 0 Å². The van der Waals surface area contributed by atoms with E-state index in [0.29, 0.717) is 171 Å². The van der Waals surface area contributed by atoms with Crippen molar-refractivity contribution in [3.05, 3.63) is 12.2 Å². The Hall–Kier alpha value is -2.37. The van der Waals surface area contributed by atoms with Crippen molar-refractivity contribution in [2.75, 3.05) is 185 Å². The Morgan fingerprint density at radius 2 is 0.679 bits per heavy atom. The lowest BCUT2D eigenvalue weighted by Gasteiger charge is -2.09. The second-order valence-electron chi connectivity index (χ2n) is 10.5. The van der Waals surface area contributed by atoms with E-state index < -0.39 is 24.5 Å². The molecule has 0 atom stereocenters. The van der Waals surface area contributed by atoms with E-state index in [4.69, 9.17) is 66.7 Å². The number of hydrogen-bond donors (Lipinski definition) is 2. The maximum Gasteiger partial charge on any atom is 0.333 e. The third-order valence-corrected chi connectivity index (χ3v) is 5.93. The lowest BCUT2D eigenvalue weighted by Crippen LogP contribution is -2.31. The lowest BCUT2D eigenvalue weighted by molar-refractivity contribution is -0.144. The molecule has 1 amide bonds. The van der Waals surface area contributed by atoms with Crippen LogP contribution >= 0.6 is 0 Å². The van der Waals surface area contributed by atoms with E-state index in [1.54, 1.807) is 6.92 Å². The Balaban J connectivity index is 3.11. The molecule has 0 aliphatic heterocycles. The second-order valence-corrected chi connectivity index (χ2v) is 10.5. The summed E-state index contributed by atoms with van der Waals surface area (Å²) in [7, 11) is 0. The number of carbonyl (C=O) groups is 3. The molecule has 0 radical (unpaired) electrons. The second kappa shape index (κ2) is 42.4. The molecular formula is C34H63NO18. The number of carboxylic acids is 1. The molecule has 0 spiro atoms. The highest BCUT2D eigenvalue weighted by Gasteiger charge is 2.04. The summed E-state index contributed by atoms with van der Waals surface area (Å²) in [6.07, 6.45) is 0. The highest BCUT2D eigenvalue weighted by atomic mass is 16.6. The van der Waals surface area contributed by atoms with Crippen LogP contribution in [-0.4, -0.2) is 208 Å². The van der Waals surface area contributed by atoms with Crippen LogP contribution in [0.1, 0.15) is 6.92 Å². The number of aliphatic carboxylic acids is 1. The molecule has 312 valence electrons. The molecule has 0 rings (SSSR count). The van der Waals surface area contributed by atoms with Gasteiger partial charge in [-0.1, -0.05) is 6.58 Å². The van der Waals surface area contributed by atoms with Gasteiger partial charge in [0.05, 0.1) is 159 Å². The van der Waals surface area contributed by atoms with Crippen LogP contribution in [0.3, 0.4) is 0 Å². The highest BCUT2D eigenvalue weighted by molar-refractivity contribution is 5.86. The number of carbonyl (C=O) groups excluding carboxylic acids is 2. The molecule has 0 aromatic rings. The average Bonchev–Trinajstić information content (AvgIpc) is 3.13. The summed E-state index contributed by atoms with van der Waals surface area (Å²) in [5, 5.41) is 11.0. The van der Waals surface area contributed by atoms with E-state index in [9.17, 15) is 14.4 Å². The van der Waals surface area contributed by atoms with Crippen molar-refractivity contribution < 1.29 is 85.8 Å². The van der Waals surface area contributed by atoms with Crippen molar-refractivity contribution in [2.24, 2.45) is 0 Å². The van der Waals surface area contributed by atoms with Crippen molar-refractivity contribution >= 4 is 17.8 Å². The zero-order chi connectivity index (χ0) is 38.7. The summed E-state index contributed by atoms with van der Waals surface area (Å²) in [4.78, 5) is 32.9. The minimum atomic E-state index is -1.13. The first-order valence-electron chi connectivity index (χ1n) is 17.7. The normalized spacial score (nSPS) is 11.2. The molecule has 0 heterocycles. The molecular weight excluding hydrogens is 710 g/mol. The van der Waals surface area contributed by atoms with Gasteiger partial charge in [0.2, 0.25) is 5.91 Å². The average molecular weight is 774 g/mol. The number of rotatable bonds is 44. The maximum absolute atomic E-state index is 11.4. The van der Waals surface area contributed by atoms with Gasteiger partial charge in [0.15, 0.2) is 0 Å². The molecule has 53 heavy (non-hydrogen) atoms. The Kier molecular flexibility index (Phi) is 40.5. The molecule has 19 heteroatoms. The van der Waals surface area contributed by atoms with Gasteiger partial charge in [0, 0.05) is 12.1 Å². The smallest absolute Gasteiger partial charge is 0.333 e. The highest BCUT2D eigenvalue weighted by Crippen LogP contribution is 1.92. The van der Waals surface area contributed by atoms with Gasteiger partial charge < -0.3 is 76.7 Å². The molecule has 0 unspecified atom stereocenters. The largest absolute Gasteiger partial charge is 0.480 e. The first-order chi connectivity index (χ1) is 25.9. The molecule has 0 aliphatic carbocycles. The fourth-order valence-corrected chi connectivity index (χ4v) is 3.38. The van der Waals surface area contributed by atoms with E-state index in [2.05, 4.69) is 16.6 Å². The monoisotopic (exact) mass is 773 g/mol. The van der Waals surface area contributed by atoms with E-state index >= 15 is 0 Å². The van der Waals surface area contributed by atoms with Gasteiger partial charge in [0.25, 0.3) is 0 Å². The summed E-state index contributed by atoms with van der Waals surface area (Å²) in [6, 6.07) is 0. The van der Waals surface area contributed by atoms with E-state index in [0.717, 1.165) is 0 Å². The topological polar surface area (TPSA) is 213 Å². The van der Waals surface area contributed by atoms with Crippen molar-refractivity contribution in [3.8, 4) is 0 Å². The van der Waals surface area contributed by atoms with Crippen LogP contribution in [0.25, 0.3) is 0 Å². The Morgan fingerprint density at radius 3 is 0.943 bits per heavy atom. The van der Waals surface area contributed by atoms with Crippen LogP contribution in [0.4, 0.5) is 0 Å². The fraction of sp³-hybridized carbons (Fsp3) is 0.853. The van der Waals surface area contributed by atoms with E-state index in [-0.39, 0.29) is 13.2 Å². The van der Waals surface area contributed by atoms with Gasteiger partial charge in [-0.25, -0.2) is 9.59 Å². The number of hydrogen-bond acceptors (Lipinski definition) is 17. The van der Waals surface area contributed by atoms with Crippen LogP contribution in [0.15, 0.2) is 12.2 Å². The maximum atomic E-state index is 11.4. The lowest BCUT2D eigenvalue weighted by atomic mass is 10.4. The summed E-state index contributed by atoms with van der Waals surface area (Å²) in [5.41, 5.74) is 0.362. The molecule has 0 saturated carbocycles. The minimum Gasteiger partial charge on any atom is -0.480 e. The van der Waals surface area contributed by atoms with Gasteiger partial charge in [-0.05, 0) is 6.92 Å². The number of amides is 1. The van der Waals surface area contributed by atoms with Gasteiger partial charge in [0.1, 0.15) is 19.8 Å². The number of carboxylic acid groups (broad SMARTS) is 1. The minimum absolute atomic E-state index is 0.189. The number of ether oxygens (including phenoxy) is 14. The molecule has 0 saturated heterocycles. The molecule has 0 bridgehead atoms. The molecule has 0 fully saturated rings. The van der Waals surface area contributed by atoms with E-state index in [1.165, 1.54) is 0 Å². The molecule has 19 nitrogen and oxygen atoms in total. The number of nitrogens with one attached hydrogen (secondary N) is 1. The predicted octanol–water partition coefficient (Wildman–Crippen LogP) is -0.478. The van der Waals surface area contributed by atoms with Gasteiger partial charge in [-0.15, -0.1) is 0 Å². The SMILES string of the molecule is C=C(C)C(=O)OCCOCCOCCOCCOCCOCCOCCOCCOCCOCCOCCOCCOCCNC(=O)COCC(=O)O.